The predicted octanol–water partition coefficient (Wildman–Crippen LogP) is 11.5. The van der Waals surface area contributed by atoms with Crippen LogP contribution in [-0.2, 0) is 8.85 Å². The number of aliphatic hydroxyl groups is 2. The Morgan fingerprint density at radius 1 is 0.865 bits per heavy atom. The molecule has 0 aromatic rings. The van der Waals surface area contributed by atoms with Crippen molar-refractivity contribution in [1.29, 1.82) is 0 Å². The third-order valence-corrected chi connectivity index (χ3v) is 21.6. The number of hydrogen-bond donors (Lipinski definition) is 4. The van der Waals surface area contributed by atoms with E-state index in [0.717, 1.165) is 6.42 Å². The molecule has 0 aliphatic heterocycles. The summed E-state index contributed by atoms with van der Waals surface area (Å²) in [7, 11) is -4.48. The van der Waals surface area contributed by atoms with Crippen LogP contribution in [0.2, 0.25) is 36.3 Å². The fourth-order valence-corrected chi connectivity index (χ4v) is 10.1. The van der Waals surface area contributed by atoms with Crippen LogP contribution in [0.4, 0.5) is 4.79 Å². The summed E-state index contributed by atoms with van der Waals surface area (Å²) in [6, 6.07) is 0. The largest absolute Gasteiger partial charge is 0.465 e. The summed E-state index contributed by atoms with van der Waals surface area (Å²) in [4.78, 5) is 12.1. The molecule has 302 valence electrons. The summed E-state index contributed by atoms with van der Waals surface area (Å²) in [5.74, 6) is -0.326. The maximum atomic E-state index is 12.1. The molecular formula is C43H81NO6Si2. The van der Waals surface area contributed by atoms with Crippen LogP contribution in [0.3, 0.4) is 0 Å². The van der Waals surface area contributed by atoms with Gasteiger partial charge in [-0.1, -0.05) is 150 Å². The van der Waals surface area contributed by atoms with Crippen LogP contribution in [0, 0.1) is 35.5 Å². The zero-order chi connectivity index (χ0) is 40.5. The van der Waals surface area contributed by atoms with Gasteiger partial charge in [-0.3, -0.25) is 5.32 Å². The van der Waals surface area contributed by atoms with Gasteiger partial charge in [-0.2, -0.15) is 0 Å². The van der Waals surface area contributed by atoms with Crippen LogP contribution < -0.4 is 5.32 Å². The van der Waals surface area contributed by atoms with Crippen molar-refractivity contribution in [2.45, 2.75) is 182 Å². The topological polar surface area (TPSA) is 108 Å². The van der Waals surface area contributed by atoms with Gasteiger partial charge in [-0.25, -0.2) is 4.79 Å². The molecule has 1 amide bonds. The number of aliphatic hydroxyl groups excluding tert-OH is 1. The molecule has 1 fully saturated rings. The van der Waals surface area contributed by atoms with E-state index in [0.29, 0.717) is 12.3 Å². The van der Waals surface area contributed by atoms with Gasteiger partial charge in [0.1, 0.15) is 0 Å². The number of carbonyl (C=O) groups is 1. The van der Waals surface area contributed by atoms with Crippen molar-refractivity contribution in [3.05, 3.63) is 48.6 Å². The number of amides is 1. The second kappa shape index (κ2) is 19.9. The Hall–Kier alpha value is -1.50. The minimum Gasteiger partial charge on any atom is -0.465 e. The highest BCUT2D eigenvalue weighted by atomic mass is 28.4. The van der Waals surface area contributed by atoms with Gasteiger partial charge in [0, 0.05) is 11.8 Å². The van der Waals surface area contributed by atoms with E-state index in [2.05, 4.69) is 119 Å². The lowest BCUT2D eigenvalue weighted by atomic mass is 9.77. The van der Waals surface area contributed by atoms with E-state index in [-0.39, 0.29) is 33.9 Å². The van der Waals surface area contributed by atoms with Gasteiger partial charge in [-0.15, -0.1) is 0 Å². The smallest absolute Gasteiger partial charge is 0.406 e. The van der Waals surface area contributed by atoms with Gasteiger partial charge >= 0.3 is 6.09 Å². The normalized spacial score (nSPS) is 21.7. The van der Waals surface area contributed by atoms with Crippen LogP contribution in [0.1, 0.15) is 122 Å². The molecule has 0 saturated heterocycles. The van der Waals surface area contributed by atoms with Crippen molar-refractivity contribution in [2.24, 2.45) is 35.5 Å². The lowest BCUT2D eigenvalue weighted by Gasteiger charge is -2.48. The second-order valence-electron chi connectivity index (χ2n) is 19.4. The molecule has 9 atom stereocenters. The maximum absolute atomic E-state index is 12.1. The summed E-state index contributed by atoms with van der Waals surface area (Å²) in [6.07, 6.45) is 16.0. The van der Waals surface area contributed by atoms with Gasteiger partial charge in [0.15, 0.2) is 22.4 Å². The van der Waals surface area contributed by atoms with E-state index in [9.17, 15) is 20.1 Å². The van der Waals surface area contributed by atoms with Crippen molar-refractivity contribution in [3.8, 4) is 0 Å². The van der Waals surface area contributed by atoms with Crippen molar-refractivity contribution in [3.63, 3.8) is 0 Å². The summed E-state index contributed by atoms with van der Waals surface area (Å²) in [5, 5.41) is 35.3. The van der Waals surface area contributed by atoms with E-state index < -0.39 is 52.5 Å². The molecule has 9 heteroatoms. The van der Waals surface area contributed by atoms with E-state index >= 15 is 0 Å². The maximum Gasteiger partial charge on any atom is 0.406 e. The molecule has 0 aromatic carbocycles. The van der Waals surface area contributed by atoms with E-state index in [1.165, 1.54) is 31.3 Å². The summed E-state index contributed by atoms with van der Waals surface area (Å²) < 4.78 is 14.3. The van der Waals surface area contributed by atoms with E-state index in [1.54, 1.807) is 18.2 Å². The Labute approximate surface area is 322 Å². The predicted molar refractivity (Wildman–Crippen MR) is 226 cm³/mol. The molecule has 1 aliphatic rings. The summed E-state index contributed by atoms with van der Waals surface area (Å²) in [5.41, 5.74) is -0.573. The molecule has 52 heavy (non-hydrogen) atoms. The van der Waals surface area contributed by atoms with Gasteiger partial charge in [-0.05, 0) is 79.7 Å². The fourth-order valence-electron chi connectivity index (χ4n) is 7.21. The SMILES string of the molecule is C=CC=CC(C)[C@@](O)(NC(=O)O)[C@H](C)[C@H](O[Si](C)(C)C(C)(C)C)[C@@H](C)CC(C)=C[C@H](C)[C@@H](O[Si](C)(C)C(C)(C)C)[C@@H](C)C=C[C@@H](O)CC1CCCC1. The molecule has 4 N–H and O–H groups in total. The minimum absolute atomic E-state index is 0.0342. The van der Waals surface area contributed by atoms with E-state index in [4.69, 9.17) is 8.85 Å². The van der Waals surface area contributed by atoms with E-state index in [1.807, 2.05) is 19.9 Å². The molecule has 0 radical (unpaired) electrons. The Kier molecular flexibility index (Phi) is 18.6. The first-order chi connectivity index (χ1) is 23.6. The number of nitrogens with one attached hydrogen (secondary N) is 1. The first-order valence-corrected chi connectivity index (χ1v) is 25.8. The number of rotatable bonds is 20. The van der Waals surface area contributed by atoms with Gasteiger partial charge < -0.3 is 24.2 Å². The van der Waals surface area contributed by atoms with Gasteiger partial charge in [0.25, 0.3) is 0 Å². The molecule has 1 aliphatic carbocycles. The average molecular weight is 764 g/mol. The van der Waals surface area contributed by atoms with Gasteiger partial charge in [0.05, 0.1) is 18.3 Å². The van der Waals surface area contributed by atoms with Crippen molar-refractivity contribution >= 4 is 22.7 Å². The molecule has 0 heterocycles. The van der Waals surface area contributed by atoms with Gasteiger partial charge in [0.2, 0.25) is 0 Å². The van der Waals surface area contributed by atoms with Crippen LogP contribution in [0.25, 0.3) is 0 Å². The fraction of sp³-hybridized carbons (Fsp3) is 0.791. The molecule has 1 unspecified atom stereocenters. The Bertz CT molecular complexity index is 1210. The highest BCUT2D eigenvalue weighted by Crippen LogP contribution is 2.43. The van der Waals surface area contributed by atoms with Crippen LogP contribution in [0.5, 0.6) is 0 Å². The standard InChI is InChI=1S/C43H81NO6Si2/c1-18-19-22-34(6)43(48,44-40(46)47)35(7)39(50-52(16,17)42(11,12)13)33(5)28-30(2)27-32(4)38(49-51(14,15)41(8,9)10)31(3)25-26-37(45)29-36-23-20-21-24-36/h18-19,22,25-27,31-39,44-45,48H,1,20-21,23-24,28-29H2,2-17H3,(H,46,47)/t31-,32-,33-,34?,35+,37+,38-,39+,43-/m0/s1. The lowest BCUT2D eigenvalue weighted by molar-refractivity contribution is -0.112. The Balaban J connectivity index is 3.54. The summed E-state index contributed by atoms with van der Waals surface area (Å²) in [6.45, 7) is 38.7. The monoisotopic (exact) mass is 764 g/mol. The number of carboxylic acid groups (broad SMARTS) is 1. The van der Waals surface area contributed by atoms with Crippen molar-refractivity contribution < 1.29 is 29.0 Å². The van der Waals surface area contributed by atoms with Crippen LogP contribution >= 0.6 is 0 Å². The average Bonchev–Trinajstić information content (AvgIpc) is 3.50. The summed E-state index contributed by atoms with van der Waals surface area (Å²) >= 11 is 0. The van der Waals surface area contributed by atoms with Crippen LogP contribution in [0.15, 0.2) is 48.6 Å². The highest BCUT2D eigenvalue weighted by Gasteiger charge is 2.49. The van der Waals surface area contributed by atoms with Crippen LogP contribution in [-0.4, -0.2) is 62.1 Å². The quantitative estimate of drug-likeness (QED) is 0.0426. The number of allylic oxidation sites excluding steroid dienone is 3. The molecule has 0 aromatic heterocycles. The minimum atomic E-state index is -2.35. The first kappa shape index (κ1) is 48.5. The Morgan fingerprint density at radius 2 is 1.37 bits per heavy atom. The Morgan fingerprint density at radius 3 is 1.83 bits per heavy atom. The third kappa shape index (κ3) is 14.3. The second-order valence-corrected chi connectivity index (χ2v) is 28.9. The molecule has 7 nitrogen and oxygen atoms in total. The molecule has 1 rings (SSSR count). The van der Waals surface area contributed by atoms with Crippen molar-refractivity contribution in [2.75, 3.05) is 0 Å². The number of hydrogen-bond acceptors (Lipinski definition) is 5. The van der Waals surface area contributed by atoms with Crippen molar-refractivity contribution in [1.82, 2.24) is 5.32 Å². The zero-order valence-corrected chi connectivity index (χ0v) is 38.2. The highest BCUT2D eigenvalue weighted by molar-refractivity contribution is 6.74. The zero-order valence-electron chi connectivity index (χ0n) is 36.2. The molecule has 0 bridgehead atoms. The first-order valence-electron chi connectivity index (χ1n) is 20.0. The molecule has 1 saturated carbocycles. The molecular weight excluding hydrogens is 683 g/mol. The third-order valence-electron chi connectivity index (χ3n) is 12.7. The lowest BCUT2D eigenvalue weighted by Crippen LogP contribution is -2.62. The molecule has 0 spiro atoms.